The van der Waals surface area contributed by atoms with Crippen LogP contribution in [-0.2, 0) is 6.54 Å². The Balaban J connectivity index is 1.59. The molecule has 0 unspecified atom stereocenters. The van der Waals surface area contributed by atoms with Gasteiger partial charge >= 0.3 is 0 Å². The molecule has 0 aliphatic carbocycles. The molecule has 28 heavy (non-hydrogen) atoms. The summed E-state index contributed by atoms with van der Waals surface area (Å²) in [5.41, 5.74) is 0.883. The van der Waals surface area contributed by atoms with Crippen LogP contribution in [0.4, 0.5) is 5.69 Å². The van der Waals surface area contributed by atoms with E-state index in [1.807, 2.05) is 18.2 Å². The van der Waals surface area contributed by atoms with Gasteiger partial charge in [-0.3, -0.25) is 0 Å². The SMILES string of the molecule is COc1ccc(NC(=S)N(CCC[NH+]2CCCCC2)Cc2cccs2)cc1Cl. The summed E-state index contributed by atoms with van der Waals surface area (Å²) in [6, 6.07) is 9.92. The second-order valence-electron chi connectivity index (χ2n) is 7.19. The molecular formula is C21H29ClN3OS2+. The molecule has 1 fully saturated rings. The highest BCUT2D eigenvalue weighted by Crippen LogP contribution is 2.27. The van der Waals surface area contributed by atoms with Crippen LogP contribution in [0.2, 0.25) is 5.02 Å². The van der Waals surface area contributed by atoms with Gasteiger partial charge in [-0.2, -0.15) is 0 Å². The van der Waals surface area contributed by atoms with E-state index < -0.39 is 0 Å². The van der Waals surface area contributed by atoms with Crippen LogP contribution in [0.5, 0.6) is 5.75 Å². The normalized spacial score (nSPS) is 14.6. The van der Waals surface area contributed by atoms with Crippen LogP contribution in [0.1, 0.15) is 30.6 Å². The number of piperidine rings is 1. The molecule has 152 valence electrons. The molecular weight excluding hydrogens is 410 g/mol. The predicted octanol–water partition coefficient (Wildman–Crippen LogP) is 4.07. The summed E-state index contributed by atoms with van der Waals surface area (Å²) in [5, 5.41) is 6.78. The fraction of sp³-hybridized carbons (Fsp3) is 0.476. The molecule has 1 aromatic carbocycles. The Morgan fingerprint density at radius 1 is 1.29 bits per heavy atom. The third-order valence-corrected chi connectivity index (χ3v) is 6.65. The first kappa shape index (κ1) is 21.4. The summed E-state index contributed by atoms with van der Waals surface area (Å²) < 4.78 is 5.23. The molecule has 2 aromatic rings. The molecule has 1 saturated heterocycles. The Hall–Kier alpha value is -1.34. The molecule has 1 aliphatic heterocycles. The Labute approximate surface area is 182 Å². The number of thiocarbonyl (C=S) groups is 1. The Bertz CT molecular complexity index is 748. The van der Waals surface area contributed by atoms with Gasteiger partial charge in [0, 0.05) is 23.5 Å². The number of nitrogens with zero attached hydrogens (tertiary/aromatic N) is 1. The van der Waals surface area contributed by atoms with Crippen molar-refractivity contribution in [2.45, 2.75) is 32.2 Å². The van der Waals surface area contributed by atoms with E-state index in [2.05, 4.69) is 27.7 Å². The highest BCUT2D eigenvalue weighted by Gasteiger charge is 2.16. The number of hydrogen-bond donors (Lipinski definition) is 2. The fourth-order valence-electron chi connectivity index (χ4n) is 3.61. The van der Waals surface area contributed by atoms with Crippen molar-refractivity contribution in [3.63, 3.8) is 0 Å². The zero-order chi connectivity index (χ0) is 19.8. The first-order chi connectivity index (χ1) is 13.7. The van der Waals surface area contributed by atoms with Gasteiger partial charge in [-0.15, -0.1) is 11.3 Å². The van der Waals surface area contributed by atoms with Crippen molar-refractivity contribution in [1.82, 2.24) is 4.90 Å². The molecule has 1 aliphatic rings. The lowest BCUT2D eigenvalue weighted by Gasteiger charge is -2.28. The van der Waals surface area contributed by atoms with Crippen LogP contribution in [-0.4, -0.2) is 43.3 Å². The van der Waals surface area contributed by atoms with Crippen molar-refractivity contribution in [3.05, 3.63) is 45.6 Å². The second-order valence-corrected chi connectivity index (χ2v) is 9.02. The van der Waals surface area contributed by atoms with E-state index in [9.17, 15) is 0 Å². The quantitative estimate of drug-likeness (QED) is 0.608. The minimum atomic E-state index is 0.578. The molecule has 2 heterocycles. The van der Waals surface area contributed by atoms with Crippen LogP contribution in [0, 0.1) is 0 Å². The molecule has 7 heteroatoms. The third kappa shape index (κ3) is 6.34. The average molecular weight is 439 g/mol. The number of thiophene rings is 1. The van der Waals surface area contributed by atoms with Crippen LogP contribution in [0.3, 0.4) is 0 Å². The largest absolute Gasteiger partial charge is 0.495 e. The van der Waals surface area contributed by atoms with E-state index in [4.69, 9.17) is 28.6 Å². The van der Waals surface area contributed by atoms with Gasteiger partial charge in [-0.25, -0.2) is 0 Å². The Morgan fingerprint density at radius 2 is 2.11 bits per heavy atom. The van der Waals surface area contributed by atoms with E-state index in [1.165, 1.54) is 43.8 Å². The summed E-state index contributed by atoms with van der Waals surface area (Å²) in [7, 11) is 1.62. The molecule has 0 radical (unpaired) electrons. The number of quaternary nitrogens is 1. The van der Waals surface area contributed by atoms with Gasteiger partial charge in [0.15, 0.2) is 5.11 Å². The molecule has 0 bridgehead atoms. The number of anilines is 1. The summed E-state index contributed by atoms with van der Waals surface area (Å²) in [6.45, 7) is 5.65. The van der Waals surface area contributed by atoms with E-state index >= 15 is 0 Å². The van der Waals surface area contributed by atoms with Gasteiger partial charge in [-0.05, 0) is 61.1 Å². The molecule has 0 spiro atoms. The summed E-state index contributed by atoms with van der Waals surface area (Å²) >= 11 is 13.8. The van der Waals surface area contributed by atoms with Gasteiger partial charge < -0.3 is 19.9 Å². The first-order valence-corrected chi connectivity index (χ1v) is 11.6. The lowest BCUT2D eigenvalue weighted by Crippen LogP contribution is -3.12. The number of nitrogens with one attached hydrogen (secondary N) is 2. The number of benzene rings is 1. The molecule has 0 amide bonds. The minimum absolute atomic E-state index is 0.578. The number of ether oxygens (including phenoxy) is 1. The highest BCUT2D eigenvalue weighted by atomic mass is 35.5. The van der Waals surface area contributed by atoms with Crippen molar-refractivity contribution >= 4 is 46.0 Å². The number of likely N-dealkylation sites (tertiary alicyclic amines) is 1. The van der Waals surface area contributed by atoms with Gasteiger partial charge in [0.2, 0.25) is 0 Å². The van der Waals surface area contributed by atoms with Gasteiger partial charge in [0.1, 0.15) is 5.75 Å². The predicted molar refractivity (Wildman–Crippen MR) is 123 cm³/mol. The topological polar surface area (TPSA) is 28.9 Å². The molecule has 1 aromatic heterocycles. The average Bonchev–Trinajstić information content (AvgIpc) is 3.21. The Kier molecular flexibility index (Phi) is 8.40. The lowest BCUT2D eigenvalue weighted by molar-refractivity contribution is -0.905. The summed E-state index contributed by atoms with van der Waals surface area (Å²) in [6.07, 6.45) is 5.28. The number of halogens is 1. The van der Waals surface area contributed by atoms with Gasteiger partial charge in [0.25, 0.3) is 0 Å². The minimum Gasteiger partial charge on any atom is -0.495 e. The molecule has 3 rings (SSSR count). The standard InChI is InChI=1S/C21H28ClN3OS2/c1-26-20-9-8-17(15-19(20)22)23-21(27)25(16-18-7-5-14-28-18)13-6-12-24-10-3-2-4-11-24/h5,7-9,14-15H,2-4,6,10-13,16H2,1H3,(H,23,27)/p+1. The maximum absolute atomic E-state index is 6.25. The monoisotopic (exact) mass is 438 g/mol. The van der Waals surface area contributed by atoms with Gasteiger partial charge in [0.05, 0.1) is 38.3 Å². The van der Waals surface area contributed by atoms with Crippen LogP contribution in [0.25, 0.3) is 0 Å². The number of methoxy groups -OCH3 is 1. The third-order valence-electron chi connectivity index (χ3n) is 5.14. The highest BCUT2D eigenvalue weighted by molar-refractivity contribution is 7.80. The van der Waals surface area contributed by atoms with Gasteiger partial charge in [-0.1, -0.05) is 17.7 Å². The summed E-state index contributed by atoms with van der Waals surface area (Å²) in [5.74, 6) is 0.665. The van der Waals surface area contributed by atoms with Crippen LogP contribution >= 0.6 is 35.2 Å². The van der Waals surface area contributed by atoms with Crippen molar-refractivity contribution in [3.8, 4) is 5.75 Å². The lowest BCUT2D eigenvalue weighted by atomic mass is 10.1. The molecule has 0 atom stereocenters. The fourth-order valence-corrected chi connectivity index (χ4v) is 4.86. The van der Waals surface area contributed by atoms with E-state index in [0.717, 1.165) is 30.3 Å². The van der Waals surface area contributed by atoms with Crippen molar-refractivity contribution in [1.29, 1.82) is 0 Å². The van der Waals surface area contributed by atoms with E-state index in [1.54, 1.807) is 23.3 Å². The van der Waals surface area contributed by atoms with Crippen molar-refractivity contribution in [2.24, 2.45) is 0 Å². The number of hydrogen-bond acceptors (Lipinski definition) is 3. The smallest absolute Gasteiger partial charge is 0.173 e. The van der Waals surface area contributed by atoms with Crippen molar-refractivity contribution < 1.29 is 9.64 Å². The van der Waals surface area contributed by atoms with Crippen molar-refractivity contribution in [2.75, 3.05) is 38.6 Å². The zero-order valence-corrected chi connectivity index (χ0v) is 18.8. The number of rotatable bonds is 8. The van der Waals surface area contributed by atoms with Crippen LogP contribution < -0.4 is 15.0 Å². The maximum atomic E-state index is 6.25. The molecule has 4 nitrogen and oxygen atoms in total. The second kappa shape index (κ2) is 11.0. The first-order valence-electron chi connectivity index (χ1n) is 9.91. The van der Waals surface area contributed by atoms with E-state index in [0.29, 0.717) is 10.8 Å². The Morgan fingerprint density at radius 3 is 2.79 bits per heavy atom. The molecule has 2 N–H and O–H groups in total. The van der Waals surface area contributed by atoms with E-state index in [-0.39, 0.29) is 0 Å². The maximum Gasteiger partial charge on any atom is 0.173 e. The zero-order valence-electron chi connectivity index (χ0n) is 16.4. The molecule has 0 saturated carbocycles. The van der Waals surface area contributed by atoms with Crippen LogP contribution in [0.15, 0.2) is 35.7 Å². The summed E-state index contributed by atoms with van der Waals surface area (Å²) in [4.78, 5) is 5.33.